The van der Waals surface area contributed by atoms with Crippen molar-refractivity contribution in [3.05, 3.63) is 29.3 Å². The van der Waals surface area contributed by atoms with Gasteiger partial charge in [0.1, 0.15) is 0 Å². The van der Waals surface area contributed by atoms with Crippen LogP contribution in [0, 0.1) is 23.5 Å². The summed E-state index contributed by atoms with van der Waals surface area (Å²) in [6.07, 6.45) is 12.8. The minimum absolute atomic E-state index is 0.0441. The Morgan fingerprint density at radius 1 is 0.964 bits per heavy atom. The molecule has 1 aliphatic carbocycles. The summed E-state index contributed by atoms with van der Waals surface area (Å²) >= 11 is 0. The molecule has 0 radical (unpaired) electrons. The molecule has 0 amide bonds. The van der Waals surface area contributed by atoms with Gasteiger partial charge < -0.3 is 10.2 Å². The predicted octanol–water partition coefficient (Wildman–Crippen LogP) is 6.86. The van der Waals surface area contributed by atoms with E-state index in [0.717, 1.165) is 50.9 Å². The Morgan fingerprint density at radius 3 is 2.14 bits per heavy atom. The van der Waals surface area contributed by atoms with Gasteiger partial charge in [-0.15, -0.1) is 0 Å². The number of benzene rings is 1. The number of rotatable bonds is 9. The van der Waals surface area contributed by atoms with Crippen LogP contribution in [-0.2, 0) is 11.2 Å². The van der Waals surface area contributed by atoms with Gasteiger partial charge >= 0.3 is 5.97 Å². The van der Waals surface area contributed by atoms with Crippen LogP contribution in [0.15, 0.2) is 12.1 Å². The Kier molecular flexibility index (Phi) is 11.8. The summed E-state index contributed by atoms with van der Waals surface area (Å²) in [6, 6.07) is 2.63. The van der Waals surface area contributed by atoms with Crippen molar-refractivity contribution in [1.82, 2.24) is 0 Å². The summed E-state index contributed by atoms with van der Waals surface area (Å²) in [6.45, 7) is 4.27. The molecule has 28 heavy (non-hydrogen) atoms. The first-order valence-corrected chi connectivity index (χ1v) is 10.8. The van der Waals surface area contributed by atoms with Gasteiger partial charge in [-0.25, -0.2) is 4.39 Å². The van der Waals surface area contributed by atoms with E-state index < -0.39 is 23.4 Å². The lowest BCUT2D eigenvalue weighted by atomic mass is 9.80. The second-order valence-electron chi connectivity index (χ2n) is 7.88. The number of halogens is 2. The minimum atomic E-state index is -1.14. The van der Waals surface area contributed by atoms with Gasteiger partial charge in [0.25, 0.3) is 0 Å². The highest BCUT2D eigenvalue weighted by Crippen LogP contribution is 2.32. The fourth-order valence-corrected chi connectivity index (χ4v) is 3.72. The SMILES string of the molecule is CCCCC[C@H]1CC[C@H](C(=O)O)CC1.CCCCCc1ccc(O)c(F)c1F. The van der Waals surface area contributed by atoms with Crippen LogP contribution < -0.4 is 0 Å². The van der Waals surface area contributed by atoms with Crippen molar-refractivity contribution in [3.63, 3.8) is 0 Å². The zero-order valence-electron chi connectivity index (χ0n) is 17.4. The molecule has 160 valence electrons. The van der Waals surface area contributed by atoms with Crippen molar-refractivity contribution in [2.45, 2.75) is 90.9 Å². The smallest absolute Gasteiger partial charge is 0.306 e. The number of unbranched alkanes of at least 4 members (excludes halogenated alkanes) is 4. The highest BCUT2D eigenvalue weighted by Gasteiger charge is 2.25. The number of aliphatic carboxylic acids is 1. The molecule has 3 nitrogen and oxygen atoms in total. The second-order valence-corrected chi connectivity index (χ2v) is 7.88. The van der Waals surface area contributed by atoms with Gasteiger partial charge in [0, 0.05) is 0 Å². The topological polar surface area (TPSA) is 57.5 Å². The number of hydrogen-bond acceptors (Lipinski definition) is 2. The van der Waals surface area contributed by atoms with Crippen LogP contribution in [0.4, 0.5) is 8.78 Å². The third-order valence-electron chi connectivity index (χ3n) is 5.60. The molecule has 1 saturated carbocycles. The van der Waals surface area contributed by atoms with Crippen molar-refractivity contribution >= 4 is 5.97 Å². The summed E-state index contributed by atoms with van der Waals surface area (Å²) in [7, 11) is 0. The molecule has 1 aromatic carbocycles. The number of carboxylic acids is 1. The van der Waals surface area contributed by atoms with E-state index in [1.54, 1.807) is 0 Å². The van der Waals surface area contributed by atoms with Crippen molar-refractivity contribution in [3.8, 4) is 5.75 Å². The maximum absolute atomic E-state index is 13.2. The second kappa shape index (κ2) is 13.5. The molecule has 0 aromatic heterocycles. The molecular formula is C23H36F2O3. The molecule has 5 heteroatoms. The molecule has 0 atom stereocenters. The summed E-state index contributed by atoms with van der Waals surface area (Å²) in [5, 5.41) is 17.7. The van der Waals surface area contributed by atoms with Crippen LogP contribution in [0.3, 0.4) is 0 Å². The summed E-state index contributed by atoms with van der Waals surface area (Å²) < 4.78 is 26.0. The van der Waals surface area contributed by atoms with Crippen LogP contribution in [0.1, 0.15) is 90.0 Å². The lowest BCUT2D eigenvalue weighted by molar-refractivity contribution is -0.143. The summed E-state index contributed by atoms with van der Waals surface area (Å²) in [4.78, 5) is 10.7. The van der Waals surface area contributed by atoms with Gasteiger partial charge in [-0.3, -0.25) is 4.79 Å². The Balaban J connectivity index is 0.000000280. The van der Waals surface area contributed by atoms with Gasteiger partial charge in [-0.1, -0.05) is 58.4 Å². The number of aromatic hydroxyl groups is 1. The average molecular weight is 399 g/mol. The predicted molar refractivity (Wildman–Crippen MR) is 108 cm³/mol. The van der Waals surface area contributed by atoms with Crippen LogP contribution in [0.25, 0.3) is 0 Å². The average Bonchev–Trinajstić information content (AvgIpc) is 2.69. The van der Waals surface area contributed by atoms with Crippen LogP contribution in [0.5, 0.6) is 5.75 Å². The molecule has 2 N–H and O–H groups in total. The molecule has 0 heterocycles. The molecule has 0 bridgehead atoms. The molecule has 0 saturated heterocycles. The van der Waals surface area contributed by atoms with Gasteiger partial charge in [0.05, 0.1) is 5.92 Å². The lowest BCUT2D eigenvalue weighted by Gasteiger charge is -2.25. The van der Waals surface area contributed by atoms with Gasteiger partial charge in [-0.05, 0) is 56.1 Å². The van der Waals surface area contributed by atoms with Crippen LogP contribution in [-0.4, -0.2) is 16.2 Å². The highest BCUT2D eigenvalue weighted by atomic mass is 19.2. The number of phenolic OH excluding ortho intramolecular Hbond substituents is 1. The van der Waals surface area contributed by atoms with E-state index >= 15 is 0 Å². The minimum Gasteiger partial charge on any atom is -0.505 e. The first-order valence-electron chi connectivity index (χ1n) is 10.8. The van der Waals surface area contributed by atoms with Gasteiger partial charge in [-0.2, -0.15) is 4.39 Å². The van der Waals surface area contributed by atoms with E-state index in [0.29, 0.717) is 12.0 Å². The third kappa shape index (κ3) is 8.57. The molecule has 1 aliphatic rings. The third-order valence-corrected chi connectivity index (χ3v) is 5.60. The monoisotopic (exact) mass is 398 g/mol. The van der Waals surface area contributed by atoms with Gasteiger partial charge in [0.2, 0.25) is 5.82 Å². The zero-order valence-corrected chi connectivity index (χ0v) is 17.4. The standard InChI is InChI=1S/C12H22O2.C11H14F2O/c1-2-3-4-5-10-6-8-11(9-7-10)12(13)14;1-2-3-4-5-8-6-7-9(14)11(13)10(8)12/h10-11H,2-9H2,1H3,(H,13,14);6-7,14H,2-5H2,1H3/t10-,11-;. The van der Waals surface area contributed by atoms with Crippen LogP contribution in [0.2, 0.25) is 0 Å². The fourth-order valence-electron chi connectivity index (χ4n) is 3.72. The molecular weight excluding hydrogens is 362 g/mol. The van der Waals surface area contributed by atoms with Crippen LogP contribution >= 0.6 is 0 Å². The van der Waals surface area contributed by atoms with E-state index in [-0.39, 0.29) is 5.92 Å². The number of carbonyl (C=O) groups is 1. The molecule has 2 rings (SSSR count). The Labute approximate surface area is 168 Å². The van der Waals surface area contributed by atoms with Crippen molar-refractivity contribution in [2.24, 2.45) is 11.8 Å². The maximum Gasteiger partial charge on any atom is 0.306 e. The highest BCUT2D eigenvalue weighted by molar-refractivity contribution is 5.69. The largest absolute Gasteiger partial charge is 0.505 e. The number of aryl methyl sites for hydroxylation is 1. The normalized spacial score (nSPS) is 19.0. The Bertz CT molecular complexity index is 581. The first-order chi connectivity index (χ1) is 13.4. The quantitative estimate of drug-likeness (QED) is 0.447. The molecule has 0 unspecified atom stereocenters. The van der Waals surface area contributed by atoms with Crippen molar-refractivity contribution in [1.29, 1.82) is 0 Å². The number of carboxylic acid groups (broad SMARTS) is 1. The Morgan fingerprint density at radius 2 is 1.57 bits per heavy atom. The maximum atomic E-state index is 13.2. The summed E-state index contributed by atoms with van der Waals surface area (Å²) in [5.41, 5.74) is 0.341. The van der Waals surface area contributed by atoms with E-state index in [1.165, 1.54) is 37.8 Å². The van der Waals surface area contributed by atoms with Gasteiger partial charge in [0.15, 0.2) is 11.6 Å². The van der Waals surface area contributed by atoms with E-state index in [9.17, 15) is 13.6 Å². The van der Waals surface area contributed by atoms with E-state index in [4.69, 9.17) is 10.2 Å². The lowest BCUT2D eigenvalue weighted by Crippen LogP contribution is -2.21. The van der Waals surface area contributed by atoms with E-state index in [1.807, 2.05) is 6.92 Å². The zero-order chi connectivity index (χ0) is 20.9. The summed E-state index contributed by atoms with van der Waals surface area (Å²) in [5.74, 6) is -2.49. The number of phenols is 1. The van der Waals surface area contributed by atoms with Crippen molar-refractivity contribution < 1.29 is 23.8 Å². The van der Waals surface area contributed by atoms with E-state index in [2.05, 4.69) is 6.92 Å². The number of hydrogen-bond donors (Lipinski definition) is 2. The Hall–Kier alpha value is -1.65. The molecule has 1 aromatic rings. The first kappa shape index (κ1) is 24.4. The van der Waals surface area contributed by atoms with Crippen molar-refractivity contribution in [2.75, 3.05) is 0 Å². The molecule has 0 spiro atoms. The fraction of sp³-hybridized carbons (Fsp3) is 0.696. The molecule has 1 fully saturated rings. The molecule has 0 aliphatic heterocycles.